The number of benzene rings is 2. The van der Waals surface area contributed by atoms with E-state index in [0.717, 1.165) is 23.6 Å². The SMILES string of the molecule is CCCCCCCCCCS(=O)(=O)Oc1cccc2ccccc12. The van der Waals surface area contributed by atoms with Crippen molar-refractivity contribution in [3.05, 3.63) is 42.5 Å². The van der Waals surface area contributed by atoms with E-state index in [0.29, 0.717) is 12.2 Å². The van der Waals surface area contributed by atoms with Crippen molar-refractivity contribution in [2.45, 2.75) is 58.3 Å². The van der Waals surface area contributed by atoms with Crippen LogP contribution in [0.4, 0.5) is 0 Å². The molecule has 0 unspecified atom stereocenters. The third-order valence-electron chi connectivity index (χ3n) is 4.21. The molecular formula is C20H28O3S. The lowest BCUT2D eigenvalue weighted by Crippen LogP contribution is -2.14. The first-order valence-electron chi connectivity index (χ1n) is 9.02. The highest BCUT2D eigenvalue weighted by Crippen LogP contribution is 2.26. The Balaban J connectivity index is 1.79. The van der Waals surface area contributed by atoms with Gasteiger partial charge in [-0.15, -0.1) is 0 Å². The van der Waals surface area contributed by atoms with E-state index in [2.05, 4.69) is 6.92 Å². The van der Waals surface area contributed by atoms with Gasteiger partial charge in [-0.2, -0.15) is 8.42 Å². The van der Waals surface area contributed by atoms with E-state index in [1.54, 1.807) is 6.07 Å². The van der Waals surface area contributed by atoms with Gasteiger partial charge in [-0.1, -0.05) is 88.3 Å². The Labute approximate surface area is 146 Å². The second-order valence-electron chi connectivity index (χ2n) is 6.30. The molecule has 4 heteroatoms. The van der Waals surface area contributed by atoms with Crippen LogP contribution in [-0.4, -0.2) is 14.2 Å². The van der Waals surface area contributed by atoms with Crippen molar-refractivity contribution in [1.29, 1.82) is 0 Å². The monoisotopic (exact) mass is 348 g/mol. The van der Waals surface area contributed by atoms with E-state index in [4.69, 9.17) is 4.18 Å². The van der Waals surface area contributed by atoms with Crippen molar-refractivity contribution in [1.82, 2.24) is 0 Å². The normalized spacial score (nSPS) is 11.7. The van der Waals surface area contributed by atoms with Crippen molar-refractivity contribution >= 4 is 20.9 Å². The number of rotatable bonds is 11. The van der Waals surface area contributed by atoms with Crippen LogP contribution in [-0.2, 0) is 10.1 Å². The molecule has 0 aliphatic carbocycles. The molecule has 132 valence electrons. The lowest BCUT2D eigenvalue weighted by Gasteiger charge is -2.09. The average Bonchev–Trinajstić information content (AvgIpc) is 2.57. The summed E-state index contributed by atoms with van der Waals surface area (Å²) in [5.74, 6) is 0.512. The standard InChI is InChI=1S/C20H28O3S/c1-2-3-4-5-6-7-8-11-17-24(21,22)23-20-16-12-14-18-13-9-10-15-19(18)20/h9-10,12-16H,2-8,11,17H2,1H3. The lowest BCUT2D eigenvalue weighted by atomic mass is 10.1. The minimum Gasteiger partial charge on any atom is -0.382 e. The first kappa shape index (κ1) is 18.8. The zero-order chi connectivity index (χ0) is 17.3. The molecule has 0 N–H and O–H groups in total. The fraction of sp³-hybridized carbons (Fsp3) is 0.500. The van der Waals surface area contributed by atoms with E-state index in [9.17, 15) is 8.42 Å². The van der Waals surface area contributed by atoms with Crippen molar-refractivity contribution in [3.63, 3.8) is 0 Å². The van der Waals surface area contributed by atoms with E-state index in [1.165, 1.54) is 32.1 Å². The molecule has 0 aliphatic heterocycles. The molecule has 0 radical (unpaired) electrons. The molecule has 0 aromatic heterocycles. The van der Waals surface area contributed by atoms with Crippen LogP contribution in [0.1, 0.15) is 58.3 Å². The molecule has 24 heavy (non-hydrogen) atoms. The largest absolute Gasteiger partial charge is 0.382 e. The quantitative estimate of drug-likeness (QED) is 0.387. The molecule has 0 fully saturated rings. The van der Waals surface area contributed by atoms with E-state index >= 15 is 0 Å². The van der Waals surface area contributed by atoms with E-state index < -0.39 is 10.1 Å². The second kappa shape index (κ2) is 9.67. The van der Waals surface area contributed by atoms with Crippen LogP contribution < -0.4 is 4.18 Å². The molecular weight excluding hydrogens is 320 g/mol. The van der Waals surface area contributed by atoms with Gasteiger partial charge in [0, 0.05) is 5.39 Å². The number of fused-ring (bicyclic) bond motifs is 1. The summed E-state index contributed by atoms with van der Waals surface area (Å²) in [6.45, 7) is 2.21. The van der Waals surface area contributed by atoms with Crippen LogP contribution in [0.5, 0.6) is 5.75 Å². The summed E-state index contributed by atoms with van der Waals surface area (Å²) < 4.78 is 29.7. The van der Waals surface area contributed by atoms with Gasteiger partial charge >= 0.3 is 10.1 Å². The van der Waals surface area contributed by atoms with E-state index in [-0.39, 0.29) is 5.75 Å². The van der Waals surface area contributed by atoms with Crippen LogP contribution in [0.25, 0.3) is 10.8 Å². The summed E-state index contributed by atoms with van der Waals surface area (Å²) in [4.78, 5) is 0. The maximum atomic E-state index is 12.2. The molecule has 0 atom stereocenters. The Morgan fingerprint density at radius 1 is 0.792 bits per heavy atom. The predicted octanol–water partition coefficient (Wildman–Crippen LogP) is 5.69. The van der Waals surface area contributed by atoms with Gasteiger partial charge in [0.15, 0.2) is 0 Å². The van der Waals surface area contributed by atoms with Gasteiger partial charge in [-0.3, -0.25) is 0 Å². The predicted molar refractivity (Wildman–Crippen MR) is 101 cm³/mol. The zero-order valence-electron chi connectivity index (χ0n) is 14.5. The molecule has 0 amide bonds. The van der Waals surface area contributed by atoms with Crippen molar-refractivity contribution < 1.29 is 12.6 Å². The van der Waals surface area contributed by atoms with Crippen LogP contribution in [0.3, 0.4) is 0 Å². The smallest absolute Gasteiger partial charge is 0.309 e. The molecule has 2 aromatic carbocycles. The summed E-state index contributed by atoms with van der Waals surface area (Å²) in [6.07, 6.45) is 9.02. The van der Waals surface area contributed by atoms with Crippen LogP contribution in [0, 0.1) is 0 Å². The molecule has 0 aliphatic rings. The third-order valence-corrected chi connectivity index (χ3v) is 5.44. The Hall–Kier alpha value is -1.55. The Morgan fingerprint density at radius 2 is 1.42 bits per heavy atom. The third kappa shape index (κ3) is 6.16. The summed E-state index contributed by atoms with van der Waals surface area (Å²) in [5.41, 5.74) is 0. The highest BCUT2D eigenvalue weighted by molar-refractivity contribution is 7.87. The molecule has 0 heterocycles. The summed E-state index contributed by atoms with van der Waals surface area (Å²) >= 11 is 0. The average molecular weight is 349 g/mol. The lowest BCUT2D eigenvalue weighted by molar-refractivity contribution is 0.484. The molecule has 0 saturated heterocycles. The van der Waals surface area contributed by atoms with Gasteiger partial charge in [-0.25, -0.2) is 0 Å². The minimum absolute atomic E-state index is 0.0885. The van der Waals surface area contributed by atoms with Gasteiger partial charge < -0.3 is 4.18 Å². The van der Waals surface area contributed by atoms with Crippen molar-refractivity contribution in [3.8, 4) is 5.75 Å². The molecule has 3 nitrogen and oxygen atoms in total. The highest BCUT2D eigenvalue weighted by atomic mass is 32.2. The van der Waals surface area contributed by atoms with E-state index in [1.807, 2.05) is 36.4 Å². The zero-order valence-corrected chi connectivity index (χ0v) is 15.4. The maximum Gasteiger partial charge on any atom is 0.309 e. The summed E-state index contributed by atoms with van der Waals surface area (Å²) in [7, 11) is -3.53. The van der Waals surface area contributed by atoms with Crippen molar-refractivity contribution in [2.24, 2.45) is 0 Å². The summed E-state index contributed by atoms with van der Waals surface area (Å²) in [5, 5.41) is 1.82. The highest BCUT2D eigenvalue weighted by Gasteiger charge is 2.14. The topological polar surface area (TPSA) is 43.4 Å². The van der Waals surface area contributed by atoms with Gasteiger partial charge in [0.2, 0.25) is 0 Å². The van der Waals surface area contributed by atoms with Gasteiger partial charge in [0.25, 0.3) is 0 Å². The van der Waals surface area contributed by atoms with Crippen LogP contribution >= 0.6 is 0 Å². The number of hydrogen-bond acceptors (Lipinski definition) is 3. The molecule has 2 aromatic rings. The van der Waals surface area contributed by atoms with Gasteiger partial charge in [0.1, 0.15) is 5.75 Å². The molecule has 2 rings (SSSR count). The Morgan fingerprint density at radius 3 is 2.17 bits per heavy atom. The molecule has 0 saturated carbocycles. The van der Waals surface area contributed by atoms with Gasteiger partial charge in [0.05, 0.1) is 5.75 Å². The second-order valence-corrected chi connectivity index (χ2v) is 7.99. The summed E-state index contributed by atoms with van der Waals surface area (Å²) in [6, 6.07) is 13.1. The molecule has 0 spiro atoms. The first-order valence-corrected chi connectivity index (χ1v) is 10.6. The Bertz CT molecular complexity index is 717. The van der Waals surface area contributed by atoms with Crippen molar-refractivity contribution in [2.75, 3.05) is 5.75 Å². The fourth-order valence-electron chi connectivity index (χ4n) is 2.86. The fourth-order valence-corrected chi connectivity index (χ4v) is 3.92. The van der Waals surface area contributed by atoms with Crippen LogP contribution in [0.2, 0.25) is 0 Å². The number of hydrogen-bond donors (Lipinski definition) is 0. The maximum absolute atomic E-state index is 12.2. The molecule has 0 bridgehead atoms. The minimum atomic E-state index is -3.53. The first-order chi connectivity index (χ1) is 11.6. The Kier molecular flexibility index (Phi) is 7.57. The van der Waals surface area contributed by atoms with Crippen LogP contribution in [0.15, 0.2) is 42.5 Å². The number of unbranched alkanes of at least 4 members (excludes halogenated alkanes) is 7. The van der Waals surface area contributed by atoms with Gasteiger partial charge in [-0.05, 0) is 17.9 Å².